The van der Waals surface area contributed by atoms with Crippen LogP contribution in [-0.4, -0.2) is 17.6 Å². The van der Waals surface area contributed by atoms with E-state index in [1.807, 2.05) is 39.0 Å². The van der Waals surface area contributed by atoms with Crippen LogP contribution >= 0.6 is 15.9 Å². The number of carbonyl (C=O) groups is 1. The quantitative estimate of drug-likeness (QED) is 0.810. The van der Waals surface area contributed by atoms with Crippen molar-refractivity contribution < 1.29 is 9.53 Å². The Bertz CT molecular complexity index is 451. The highest BCUT2D eigenvalue weighted by molar-refractivity contribution is 9.10. The molecule has 1 aromatic carbocycles. The summed E-state index contributed by atoms with van der Waals surface area (Å²) in [6, 6.07) is 5.71. The highest BCUT2D eigenvalue weighted by Gasteiger charge is 2.30. The van der Waals surface area contributed by atoms with Crippen LogP contribution in [0.2, 0.25) is 0 Å². The van der Waals surface area contributed by atoms with Gasteiger partial charge in [-0.25, -0.2) is 4.79 Å². The van der Waals surface area contributed by atoms with E-state index in [2.05, 4.69) is 21.2 Å². The van der Waals surface area contributed by atoms with E-state index in [4.69, 9.17) is 4.74 Å². The molecule has 0 aromatic heterocycles. The summed E-state index contributed by atoms with van der Waals surface area (Å²) in [5, 5.41) is 3.19. The van der Waals surface area contributed by atoms with Crippen LogP contribution in [0.25, 0.3) is 0 Å². The lowest BCUT2D eigenvalue weighted by molar-refractivity contribution is -0.155. The van der Waals surface area contributed by atoms with Crippen molar-refractivity contribution in [3.8, 4) is 0 Å². The number of ether oxygens (including phenoxy) is 1. The number of fused-ring (bicyclic) bond motifs is 1. The first-order chi connectivity index (χ1) is 7.85. The maximum Gasteiger partial charge on any atom is 0.329 e. The number of halogens is 1. The fraction of sp³-hybridized carbons (Fsp3) is 0.462. The van der Waals surface area contributed by atoms with E-state index in [9.17, 15) is 4.79 Å². The summed E-state index contributed by atoms with van der Waals surface area (Å²) in [6.07, 6.45) is 0.684. The minimum atomic E-state index is -0.436. The van der Waals surface area contributed by atoms with Gasteiger partial charge < -0.3 is 10.1 Å². The zero-order chi connectivity index (χ0) is 12.6. The predicted molar refractivity (Wildman–Crippen MR) is 71.1 cm³/mol. The Balaban J connectivity index is 2.07. The number of benzene rings is 1. The lowest BCUT2D eigenvalue weighted by Crippen LogP contribution is -2.35. The minimum Gasteiger partial charge on any atom is -0.458 e. The Morgan fingerprint density at radius 3 is 2.82 bits per heavy atom. The first kappa shape index (κ1) is 12.4. The number of carbonyl (C=O) groups excluding carboxylic acids is 1. The summed E-state index contributed by atoms with van der Waals surface area (Å²) < 4.78 is 6.40. The Morgan fingerprint density at radius 2 is 2.18 bits per heavy atom. The summed E-state index contributed by atoms with van der Waals surface area (Å²) in [7, 11) is 0. The van der Waals surface area contributed by atoms with Crippen molar-refractivity contribution in [2.75, 3.05) is 5.32 Å². The smallest absolute Gasteiger partial charge is 0.329 e. The number of rotatable bonds is 1. The van der Waals surface area contributed by atoms with E-state index in [1.54, 1.807) is 0 Å². The maximum absolute atomic E-state index is 11.9. The van der Waals surface area contributed by atoms with E-state index in [1.165, 1.54) is 0 Å². The average Bonchev–Trinajstić information content (AvgIpc) is 2.57. The fourth-order valence-electron chi connectivity index (χ4n) is 1.85. The van der Waals surface area contributed by atoms with Crippen molar-refractivity contribution in [2.45, 2.75) is 38.8 Å². The molecule has 1 N–H and O–H groups in total. The third kappa shape index (κ3) is 3.00. The van der Waals surface area contributed by atoms with E-state index in [-0.39, 0.29) is 12.0 Å². The summed E-state index contributed by atoms with van der Waals surface area (Å²) in [5.74, 6) is -0.190. The molecule has 1 aliphatic heterocycles. The van der Waals surface area contributed by atoms with Crippen LogP contribution in [0, 0.1) is 0 Å². The van der Waals surface area contributed by atoms with Crippen LogP contribution in [0.4, 0.5) is 5.69 Å². The van der Waals surface area contributed by atoms with Crippen LogP contribution in [0.1, 0.15) is 26.3 Å². The zero-order valence-electron chi connectivity index (χ0n) is 10.2. The van der Waals surface area contributed by atoms with E-state index < -0.39 is 5.60 Å². The monoisotopic (exact) mass is 297 g/mol. The van der Waals surface area contributed by atoms with Crippen molar-refractivity contribution in [3.05, 3.63) is 28.2 Å². The van der Waals surface area contributed by atoms with Gasteiger partial charge in [-0.15, -0.1) is 0 Å². The van der Waals surface area contributed by atoms with Gasteiger partial charge in [0.05, 0.1) is 0 Å². The van der Waals surface area contributed by atoms with Crippen LogP contribution in [-0.2, 0) is 16.0 Å². The number of nitrogens with one attached hydrogen (secondary N) is 1. The lowest BCUT2D eigenvalue weighted by Gasteiger charge is -2.22. The molecule has 0 bridgehead atoms. The Labute approximate surface area is 110 Å². The van der Waals surface area contributed by atoms with Crippen molar-refractivity contribution in [2.24, 2.45) is 0 Å². The van der Waals surface area contributed by atoms with Crippen molar-refractivity contribution in [3.63, 3.8) is 0 Å². The van der Waals surface area contributed by atoms with Gasteiger partial charge in [0.15, 0.2) is 0 Å². The Hall–Kier alpha value is -1.03. The average molecular weight is 298 g/mol. The summed E-state index contributed by atoms with van der Waals surface area (Å²) >= 11 is 3.43. The molecular formula is C13H16BrNO2. The SMILES string of the molecule is CC(C)(C)OC(=O)[C@@H]1Cc2cc(Br)ccc2N1. The largest absolute Gasteiger partial charge is 0.458 e. The molecule has 0 saturated carbocycles. The number of hydrogen-bond acceptors (Lipinski definition) is 3. The second-order valence-electron chi connectivity index (χ2n) is 5.24. The van der Waals surface area contributed by atoms with E-state index in [0.29, 0.717) is 6.42 Å². The molecule has 0 amide bonds. The summed E-state index contributed by atoms with van der Waals surface area (Å²) in [6.45, 7) is 5.64. The second kappa shape index (κ2) is 4.33. The molecule has 1 heterocycles. The third-order valence-electron chi connectivity index (χ3n) is 2.51. The Kier molecular flexibility index (Phi) is 3.17. The molecule has 17 heavy (non-hydrogen) atoms. The Morgan fingerprint density at radius 1 is 1.47 bits per heavy atom. The van der Waals surface area contributed by atoms with Gasteiger partial charge in [0, 0.05) is 16.6 Å². The molecule has 1 aliphatic rings. The van der Waals surface area contributed by atoms with Crippen molar-refractivity contribution in [1.82, 2.24) is 0 Å². The van der Waals surface area contributed by atoms with Gasteiger partial charge in [-0.05, 0) is 44.5 Å². The number of hydrogen-bond donors (Lipinski definition) is 1. The predicted octanol–water partition coefficient (Wildman–Crippen LogP) is 3.13. The van der Waals surface area contributed by atoms with Crippen molar-refractivity contribution in [1.29, 1.82) is 0 Å². The van der Waals surface area contributed by atoms with Crippen LogP contribution in [0.15, 0.2) is 22.7 Å². The first-order valence-electron chi connectivity index (χ1n) is 5.63. The molecule has 0 aliphatic carbocycles. The summed E-state index contributed by atoms with van der Waals surface area (Å²) in [4.78, 5) is 11.9. The molecule has 2 rings (SSSR count). The normalized spacial score (nSPS) is 18.5. The third-order valence-corrected chi connectivity index (χ3v) is 3.01. The molecule has 1 atom stereocenters. The number of esters is 1. The number of anilines is 1. The van der Waals surface area contributed by atoms with Gasteiger partial charge in [0.2, 0.25) is 0 Å². The highest BCUT2D eigenvalue weighted by atomic mass is 79.9. The molecule has 0 radical (unpaired) electrons. The van der Waals surface area contributed by atoms with E-state index in [0.717, 1.165) is 15.7 Å². The van der Waals surface area contributed by atoms with Crippen LogP contribution in [0.3, 0.4) is 0 Å². The fourth-order valence-corrected chi connectivity index (χ4v) is 2.25. The molecule has 0 spiro atoms. The van der Waals surface area contributed by atoms with Crippen molar-refractivity contribution >= 4 is 27.6 Å². The first-order valence-corrected chi connectivity index (χ1v) is 6.42. The van der Waals surface area contributed by atoms with Crippen LogP contribution in [0.5, 0.6) is 0 Å². The topological polar surface area (TPSA) is 38.3 Å². The molecule has 0 fully saturated rings. The zero-order valence-corrected chi connectivity index (χ0v) is 11.8. The maximum atomic E-state index is 11.9. The summed E-state index contributed by atoms with van der Waals surface area (Å²) in [5.41, 5.74) is 1.73. The molecule has 3 nitrogen and oxygen atoms in total. The van der Waals surface area contributed by atoms with Gasteiger partial charge >= 0.3 is 5.97 Å². The molecule has 4 heteroatoms. The van der Waals surface area contributed by atoms with Gasteiger partial charge in [-0.3, -0.25) is 0 Å². The van der Waals surface area contributed by atoms with Gasteiger partial charge in [0.25, 0.3) is 0 Å². The van der Waals surface area contributed by atoms with Gasteiger partial charge in [-0.1, -0.05) is 15.9 Å². The highest BCUT2D eigenvalue weighted by Crippen LogP contribution is 2.29. The lowest BCUT2D eigenvalue weighted by atomic mass is 10.1. The van der Waals surface area contributed by atoms with Gasteiger partial charge in [0.1, 0.15) is 11.6 Å². The molecule has 0 saturated heterocycles. The molecular weight excluding hydrogens is 282 g/mol. The minimum absolute atomic E-state index is 0.190. The molecule has 0 unspecified atom stereocenters. The van der Waals surface area contributed by atoms with Gasteiger partial charge in [-0.2, -0.15) is 0 Å². The molecule has 92 valence electrons. The van der Waals surface area contributed by atoms with Crippen LogP contribution < -0.4 is 5.32 Å². The molecule has 1 aromatic rings. The second-order valence-corrected chi connectivity index (χ2v) is 6.15. The van der Waals surface area contributed by atoms with E-state index >= 15 is 0 Å². The standard InChI is InChI=1S/C13H16BrNO2/c1-13(2,3)17-12(16)11-7-8-6-9(14)4-5-10(8)15-11/h4-6,11,15H,7H2,1-3H3/t11-/m0/s1.